The highest BCUT2D eigenvalue weighted by Crippen LogP contribution is 2.03. The normalized spacial score (nSPS) is 12.4. The number of unbranched alkanes of at least 4 members (excludes halogenated alkanes) is 1. The van der Waals surface area contributed by atoms with E-state index in [1.807, 2.05) is 0 Å². The molecular weight excluding hydrogens is 252 g/mol. The van der Waals surface area contributed by atoms with Gasteiger partial charge in [0.2, 0.25) is 0 Å². The summed E-state index contributed by atoms with van der Waals surface area (Å²) < 4.78 is 4.85. The molecule has 82 valence electrons. The standard InChI is InChI=1S/C9H15BrO4/c10-4-2-1-3-8(13)9(7-12)14-6-5-11/h7,9,11H,1-6H2. The third-order valence-electron chi connectivity index (χ3n) is 1.64. The van der Waals surface area contributed by atoms with Gasteiger partial charge in [-0.05, 0) is 12.8 Å². The van der Waals surface area contributed by atoms with E-state index in [-0.39, 0.29) is 19.0 Å². The Morgan fingerprint density at radius 1 is 1.50 bits per heavy atom. The zero-order valence-electron chi connectivity index (χ0n) is 7.95. The largest absolute Gasteiger partial charge is 0.394 e. The smallest absolute Gasteiger partial charge is 0.171 e. The number of aldehydes is 1. The fourth-order valence-electron chi connectivity index (χ4n) is 0.924. The summed E-state index contributed by atoms with van der Waals surface area (Å²) in [5, 5.41) is 9.30. The molecule has 0 radical (unpaired) electrons. The summed E-state index contributed by atoms with van der Waals surface area (Å²) >= 11 is 3.25. The van der Waals surface area contributed by atoms with Gasteiger partial charge in [0.15, 0.2) is 18.2 Å². The number of rotatable bonds is 9. The van der Waals surface area contributed by atoms with Crippen molar-refractivity contribution in [1.29, 1.82) is 0 Å². The summed E-state index contributed by atoms with van der Waals surface area (Å²) in [5.41, 5.74) is 0. The fraction of sp³-hybridized carbons (Fsp3) is 0.778. The topological polar surface area (TPSA) is 63.6 Å². The van der Waals surface area contributed by atoms with Crippen LogP contribution in [0, 0.1) is 0 Å². The number of hydrogen-bond donors (Lipinski definition) is 1. The van der Waals surface area contributed by atoms with E-state index in [2.05, 4.69) is 15.9 Å². The lowest BCUT2D eigenvalue weighted by Crippen LogP contribution is -2.27. The second-order valence-electron chi connectivity index (χ2n) is 2.76. The molecule has 4 nitrogen and oxygen atoms in total. The van der Waals surface area contributed by atoms with Gasteiger partial charge in [0, 0.05) is 11.8 Å². The maximum absolute atomic E-state index is 11.3. The van der Waals surface area contributed by atoms with Gasteiger partial charge in [0.05, 0.1) is 13.2 Å². The van der Waals surface area contributed by atoms with Crippen molar-refractivity contribution in [2.24, 2.45) is 0 Å². The van der Waals surface area contributed by atoms with Crippen molar-refractivity contribution in [3.05, 3.63) is 0 Å². The number of carbonyl (C=O) groups is 2. The van der Waals surface area contributed by atoms with Crippen molar-refractivity contribution < 1.29 is 19.4 Å². The lowest BCUT2D eigenvalue weighted by atomic mass is 10.1. The third-order valence-corrected chi connectivity index (χ3v) is 2.20. The number of halogens is 1. The first-order valence-electron chi connectivity index (χ1n) is 4.52. The van der Waals surface area contributed by atoms with Gasteiger partial charge in [-0.2, -0.15) is 0 Å². The minimum absolute atomic E-state index is 0.0214. The Morgan fingerprint density at radius 2 is 2.21 bits per heavy atom. The molecule has 0 fully saturated rings. The van der Waals surface area contributed by atoms with E-state index >= 15 is 0 Å². The zero-order chi connectivity index (χ0) is 10.8. The van der Waals surface area contributed by atoms with Crippen molar-refractivity contribution in [2.45, 2.75) is 25.4 Å². The zero-order valence-corrected chi connectivity index (χ0v) is 9.53. The van der Waals surface area contributed by atoms with Gasteiger partial charge in [-0.3, -0.25) is 9.59 Å². The van der Waals surface area contributed by atoms with Crippen LogP contribution in [0.15, 0.2) is 0 Å². The van der Waals surface area contributed by atoms with Gasteiger partial charge in [-0.15, -0.1) is 0 Å². The summed E-state index contributed by atoms with van der Waals surface area (Å²) in [5.74, 6) is -0.214. The van der Waals surface area contributed by atoms with E-state index in [1.54, 1.807) is 0 Å². The number of aliphatic hydroxyl groups is 1. The molecule has 0 rings (SSSR count). The van der Waals surface area contributed by atoms with Crippen LogP contribution >= 0.6 is 15.9 Å². The number of carbonyl (C=O) groups excluding carboxylic acids is 2. The number of hydrogen-bond acceptors (Lipinski definition) is 4. The maximum Gasteiger partial charge on any atom is 0.171 e. The van der Waals surface area contributed by atoms with Crippen molar-refractivity contribution in [3.63, 3.8) is 0 Å². The van der Waals surface area contributed by atoms with Crippen LogP contribution in [0.5, 0.6) is 0 Å². The van der Waals surface area contributed by atoms with E-state index in [0.29, 0.717) is 12.7 Å². The van der Waals surface area contributed by atoms with Crippen LogP contribution in [-0.2, 0) is 14.3 Å². The molecule has 0 heterocycles. The molecule has 0 amide bonds. The van der Waals surface area contributed by atoms with Gasteiger partial charge in [0.1, 0.15) is 0 Å². The molecule has 0 aliphatic carbocycles. The lowest BCUT2D eigenvalue weighted by Gasteiger charge is -2.09. The van der Waals surface area contributed by atoms with Crippen LogP contribution in [-0.4, -0.2) is 41.8 Å². The minimum atomic E-state index is -1.00. The van der Waals surface area contributed by atoms with E-state index in [4.69, 9.17) is 9.84 Å². The Hall–Kier alpha value is -0.260. The van der Waals surface area contributed by atoms with Crippen LogP contribution in [0.2, 0.25) is 0 Å². The summed E-state index contributed by atoms with van der Waals surface area (Å²) in [7, 11) is 0. The van der Waals surface area contributed by atoms with Crippen molar-refractivity contribution in [3.8, 4) is 0 Å². The number of aliphatic hydroxyl groups excluding tert-OH is 1. The van der Waals surface area contributed by atoms with Crippen LogP contribution in [0.3, 0.4) is 0 Å². The summed E-state index contributed by atoms with van der Waals surface area (Å²) in [6.45, 7) is -0.160. The Bertz CT molecular complexity index is 172. The van der Waals surface area contributed by atoms with Gasteiger partial charge >= 0.3 is 0 Å². The molecule has 1 unspecified atom stereocenters. The summed E-state index contributed by atoms with van der Waals surface area (Å²) in [6, 6.07) is 0. The van der Waals surface area contributed by atoms with Crippen LogP contribution in [0.4, 0.5) is 0 Å². The number of Topliss-reactive ketones (excluding diaryl/α,β-unsaturated/α-hetero) is 1. The number of ketones is 1. The number of alkyl halides is 1. The highest BCUT2D eigenvalue weighted by Gasteiger charge is 2.16. The quantitative estimate of drug-likeness (QED) is 0.289. The van der Waals surface area contributed by atoms with Crippen LogP contribution in [0.25, 0.3) is 0 Å². The van der Waals surface area contributed by atoms with E-state index in [9.17, 15) is 9.59 Å². The second kappa shape index (κ2) is 9.30. The molecule has 0 saturated heterocycles. The third kappa shape index (κ3) is 6.23. The molecule has 1 atom stereocenters. The summed E-state index contributed by atoms with van der Waals surface area (Å²) in [4.78, 5) is 21.8. The molecule has 0 aromatic heterocycles. The van der Waals surface area contributed by atoms with E-state index in [0.717, 1.165) is 18.2 Å². The average molecular weight is 267 g/mol. The minimum Gasteiger partial charge on any atom is -0.394 e. The second-order valence-corrected chi connectivity index (χ2v) is 3.56. The first kappa shape index (κ1) is 13.7. The van der Waals surface area contributed by atoms with Crippen molar-refractivity contribution >= 4 is 28.0 Å². The molecule has 0 aliphatic rings. The highest BCUT2D eigenvalue weighted by atomic mass is 79.9. The molecule has 5 heteroatoms. The molecular formula is C9H15BrO4. The van der Waals surface area contributed by atoms with Crippen LogP contribution in [0.1, 0.15) is 19.3 Å². The molecule has 0 saturated carbocycles. The predicted octanol–water partition coefficient (Wildman–Crippen LogP) is 0.697. The first-order valence-corrected chi connectivity index (χ1v) is 5.64. The molecule has 1 N–H and O–H groups in total. The molecule has 0 bridgehead atoms. The van der Waals surface area contributed by atoms with Crippen molar-refractivity contribution in [1.82, 2.24) is 0 Å². The number of ether oxygens (including phenoxy) is 1. The molecule has 0 aromatic rings. The maximum atomic E-state index is 11.3. The monoisotopic (exact) mass is 266 g/mol. The Balaban J connectivity index is 3.73. The Kier molecular flexibility index (Phi) is 9.13. The fourth-order valence-corrected chi connectivity index (χ4v) is 1.32. The molecule has 0 aromatic carbocycles. The average Bonchev–Trinajstić information content (AvgIpc) is 2.19. The van der Waals surface area contributed by atoms with Crippen LogP contribution < -0.4 is 0 Å². The predicted molar refractivity (Wildman–Crippen MR) is 55.5 cm³/mol. The van der Waals surface area contributed by atoms with Gasteiger partial charge in [-0.1, -0.05) is 15.9 Å². The van der Waals surface area contributed by atoms with E-state index < -0.39 is 6.10 Å². The van der Waals surface area contributed by atoms with Gasteiger partial charge in [0.25, 0.3) is 0 Å². The van der Waals surface area contributed by atoms with Crippen molar-refractivity contribution in [2.75, 3.05) is 18.5 Å². The molecule has 14 heavy (non-hydrogen) atoms. The van der Waals surface area contributed by atoms with Gasteiger partial charge < -0.3 is 9.84 Å². The Labute approximate surface area is 91.8 Å². The van der Waals surface area contributed by atoms with Gasteiger partial charge in [-0.25, -0.2) is 0 Å². The lowest BCUT2D eigenvalue weighted by molar-refractivity contribution is -0.137. The molecule has 0 aliphatic heterocycles. The Morgan fingerprint density at radius 3 is 2.71 bits per heavy atom. The summed E-state index contributed by atoms with van der Waals surface area (Å²) in [6.07, 6.45) is 1.47. The SMILES string of the molecule is O=CC(OCCO)C(=O)CCCCBr. The highest BCUT2D eigenvalue weighted by molar-refractivity contribution is 9.09. The van der Waals surface area contributed by atoms with E-state index in [1.165, 1.54) is 0 Å². The first-order chi connectivity index (χ1) is 6.76. The molecule has 0 spiro atoms.